The molecule has 1 aromatic carbocycles. The minimum absolute atomic E-state index is 0.140. The first kappa shape index (κ1) is 27.3. The third-order valence-corrected chi connectivity index (χ3v) is 6.05. The number of amides is 5. The lowest BCUT2D eigenvalue weighted by Crippen LogP contribution is -2.50. The third-order valence-electron chi connectivity index (χ3n) is 6.05. The fourth-order valence-electron chi connectivity index (χ4n) is 3.71. The van der Waals surface area contributed by atoms with Gasteiger partial charge < -0.3 is 26.4 Å². The van der Waals surface area contributed by atoms with E-state index in [0.29, 0.717) is 17.5 Å². The Morgan fingerprint density at radius 3 is 2.31 bits per heavy atom. The van der Waals surface area contributed by atoms with Crippen LogP contribution >= 0.6 is 0 Å². The molecule has 5 amide bonds. The van der Waals surface area contributed by atoms with E-state index in [1.54, 1.807) is 31.2 Å². The van der Waals surface area contributed by atoms with E-state index in [0.717, 1.165) is 17.7 Å². The number of urea groups is 1. The number of aliphatic carboxylic acids is 1. The Morgan fingerprint density at radius 2 is 1.77 bits per heavy atom. The maximum atomic E-state index is 13.2. The molecule has 0 aliphatic carbocycles. The molecule has 1 saturated heterocycles. The van der Waals surface area contributed by atoms with E-state index < -0.39 is 54.4 Å². The van der Waals surface area contributed by atoms with Crippen LogP contribution in [0.15, 0.2) is 24.3 Å². The predicted octanol–water partition coefficient (Wildman–Crippen LogP) is 0.346. The molecule has 2 unspecified atom stereocenters. The van der Waals surface area contributed by atoms with Crippen LogP contribution in [-0.2, 0) is 24.7 Å². The standard InChI is InChI=1S/C23H32N6O6/c1-4-5-6-7-17(30)27-16(20(32)33)12-26-18(31)13-29-21(34)23(2,28(3)22(29)35)15-10-8-14(9-11-15)19(24)25/h8-11,16H,4-7,12-13H2,1-3H3,(H3,24,25)(H,26,31)(H,27,30)(H,32,33). The molecule has 2 atom stereocenters. The first-order valence-corrected chi connectivity index (χ1v) is 11.3. The highest BCUT2D eigenvalue weighted by molar-refractivity contribution is 6.09. The lowest BCUT2D eigenvalue weighted by atomic mass is 9.90. The van der Waals surface area contributed by atoms with E-state index >= 15 is 0 Å². The van der Waals surface area contributed by atoms with E-state index in [1.165, 1.54) is 11.9 Å². The van der Waals surface area contributed by atoms with Gasteiger partial charge in [0.05, 0.1) is 0 Å². The van der Waals surface area contributed by atoms with Gasteiger partial charge in [-0.1, -0.05) is 44.0 Å². The van der Waals surface area contributed by atoms with Crippen LogP contribution in [0.5, 0.6) is 0 Å². The molecule has 6 N–H and O–H groups in total. The van der Waals surface area contributed by atoms with Crippen LogP contribution in [0.2, 0.25) is 0 Å². The summed E-state index contributed by atoms with van der Waals surface area (Å²) in [6.45, 7) is 2.51. The Hall–Kier alpha value is -3.96. The number of imide groups is 1. The normalized spacial score (nSPS) is 18.4. The summed E-state index contributed by atoms with van der Waals surface area (Å²) in [4.78, 5) is 63.8. The zero-order valence-corrected chi connectivity index (χ0v) is 20.1. The van der Waals surface area contributed by atoms with E-state index in [9.17, 15) is 29.1 Å². The van der Waals surface area contributed by atoms with Gasteiger partial charge >= 0.3 is 12.0 Å². The number of rotatable bonds is 12. The fraction of sp³-hybridized carbons (Fsp3) is 0.478. The summed E-state index contributed by atoms with van der Waals surface area (Å²) in [6.07, 6.45) is 2.57. The number of benzene rings is 1. The fourth-order valence-corrected chi connectivity index (χ4v) is 3.71. The Labute approximate surface area is 203 Å². The van der Waals surface area contributed by atoms with Crippen LogP contribution in [0.25, 0.3) is 0 Å². The van der Waals surface area contributed by atoms with E-state index in [-0.39, 0.29) is 12.3 Å². The van der Waals surface area contributed by atoms with Gasteiger partial charge in [0, 0.05) is 25.6 Å². The number of carboxylic acids is 1. The SMILES string of the molecule is CCCCCC(=O)NC(CNC(=O)CN1C(=O)N(C)C(C)(c2ccc(C(=N)N)cc2)C1=O)C(=O)O. The van der Waals surface area contributed by atoms with Gasteiger partial charge in [-0.15, -0.1) is 0 Å². The summed E-state index contributed by atoms with van der Waals surface area (Å²) in [6, 6.07) is 4.26. The quantitative estimate of drug-likeness (QED) is 0.121. The van der Waals surface area contributed by atoms with Crippen LogP contribution in [0.3, 0.4) is 0 Å². The van der Waals surface area contributed by atoms with Gasteiger partial charge in [-0.2, -0.15) is 0 Å². The van der Waals surface area contributed by atoms with Gasteiger partial charge in [-0.3, -0.25) is 24.7 Å². The lowest BCUT2D eigenvalue weighted by Gasteiger charge is -2.29. The molecule has 0 radical (unpaired) electrons. The maximum absolute atomic E-state index is 13.2. The molecular formula is C23H32N6O6. The van der Waals surface area contributed by atoms with Crippen molar-refractivity contribution in [3.8, 4) is 0 Å². The molecule has 1 heterocycles. The van der Waals surface area contributed by atoms with Crippen molar-refractivity contribution < 1.29 is 29.1 Å². The average Bonchev–Trinajstić information content (AvgIpc) is 2.98. The lowest BCUT2D eigenvalue weighted by molar-refractivity contribution is -0.142. The maximum Gasteiger partial charge on any atom is 0.328 e. The van der Waals surface area contributed by atoms with Crippen molar-refractivity contribution in [3.63, 3.8) is 0 Å². The van der Waals surface area contributed by atoms with Gasteiger partial charge in [0.2, 0.25) is 11.8 Å². The van der Waals surface area contributed by atoms with Crippen molar-refractivity contribution in [2.24, 2.45) is 5.73 Å². The number of carboxylic acid groups (broad SMARTS) is 1. The Kier molecular flexibility index (Phi) is 8.93. The molecule has 0 bridgehead atoms. The third kappa shape index (κ3) is 6.14. The summed E-state index contributed by atoms with van der Waals surface area (Å²) in [7, 11) is 1.44. The van der Waals surface area contributed by atoms with Crippen molar-refractivity contribution >= 4 is 35.6 Å². The molecule has 0 saturated carbocycles. The van der Waals surface area contributed by atoms with Crippen LogP contribution in [-0.4, -0.2) is 76.6 Å². The van der Waals surface area contributed by atoms with E-state index in [4.69, 9.17) is 11.1 Å². The largest absolute Gasteiger partial charge is 0.480 e. The molecule has 12 heteroatoms. The Bertz CT molecular complexity index is 1010. The van der Waals surface area contributed by atoms with Crippen molar-refractivity contribution in [1.29, 1.82) is 5.41 Å². The van der Waals surface area contributed by atoms with Crippen LogP contribution in [0.4, 0.5) is 4.79 Å². The minimum atomic E-state index is -1.39. The van der Waals surface area contributed by atoms with E-state index in [1.807, 2.05) is 6.92 Å². The predicted molar refractivity (Wildman–Crippen MR) is 126 cm³/mol. The van der Waals surface area contributed by atoms with Gasteiger partial charge in [-0.25, -0.2) is 9.59 Å². The number of unbranched alkanes of at least 4 members (excludes halogenated alkanes) is 2. The Balaban J connectivity index is 2.04. The second-order valence-corrected chi connectivity index (χ2v) is 8.52. The van der Waals surface area contributed by atoms with Crippen LogP contribution in [0, 0.1) is 5.41 Å². The number of nitrogens with two attached hydrogens (primary N) is 1. The number of amidine groups is 1. The number of carbonyl (C=O) groups is 5. The number of nitrogens with zero attached hydrogens (tertiary/aromatic N) is 2. The molecule has 1 aromatic rings. The monoisotopic (exact) mass is 488 g/mol. The number of nitrogen functional groups attached to an aromatic ring is 1. The molecule has 1 aliphatic heterocycles. The highest BCUT2D eigenvalue weighted by Gasteiger charge is 2.54. The molecule has 0 spiro atoms. The summed E-state index contributed by atoms with van der Waals surface area (Å²) in [5.41, 5.74) is 5.01. The van der Waals surface area contributed by atoms with Gasteiger partial charge in [0.1, 0.15) is 24.0 Å². The second kappa shape index (κ2) is 11.4. The first-order valence-electron chi connectivity index (χ1n) is 11.3. The molecule has 0 aromatic heterocycles. The summed E-state index contributed by atoms with van der Waals surface area (Å²) in [5.74, 6) is -3.27. The van der Waals surface area contributed by atoms with Crippen molar-refractivity contribution in [1.82, 2.24) is 20.4 Å². The highest BCUT2D eigenvalue weighted by Crippen LogP contribution is 2.35. The summed E-state index contributed by atoms with van der Waals surface area (Å²) in [5, 5.41) is 21.6. The zero-order valence-electron chi connectivity index (χ0n) is 20.1. The topological polar surface area (TPSA) is 186 Å². The summed E-state index contributed by atoms with van der Waals surface area (Å²) >= 11 is 0. The van der Waals surface area contributed by atoms with Crippen molar-refractivity contribution in [3.05, 3.63) is 35.4 Å². The first-order chi connectivity index (χ1) is 16.4. The molecule has 1 fully saturated rings. The van der Waals surface area contributed by atoms with Gasteiger partial charge in [0.25, 0.3) is 5.91 Å². The molecule has 1 aliphatic rings. The van der Waals surface area contributed by atoms with Crippen LogP contribution in [0.1, 0.15) is 50.7 Å². The zero-order chi connectivity index (χ0) is 26.3. The number of likely N-dealkylation sites (N-methyl/N-ethyl adjacent to an activating group) is 1. The summed E-state index contributed by atoms with van der Waals surface area (Å²) < 4.78 is 0. The van der Waals surface area contributed by atoms with E-state index in [2.05, 4.69) is 10.6 Å². The molecule has 2 rings (SSSR count). The van der Waals surface area contributed by atoms with Crippen LogP contribution < -0.4 is 16.4 Å². The minimum Gasteiger partial charge on any atom is -0.480 e. The highest BCUT2D eigenvalue weighted by atomic mass is 16.4. The second-order valence-electron chi connectivity index (χ2n) is 8.52. The molecule has 190 valence electrons. The molecular weight excluding hydrogens is 456 g/mol. The number of carbonyl (C=O) groups excluding carboxylic acids is 4. The number of hydrogen-bond acceptors (Lipinski definition) is 6. The molecule has 12 nitrogen and oxygen atoms in total. The smallest absolute Gasteiger partial charge is 0.328 e. The molecule has 35 heavy (non-hydrogen) atoms. The Morgan fingerprint density at radius 1 is 1.14 bits per heavy atom. The average molecular weight is 489 g/mol. The van der Waals surface area contributed by atoms with Crippen molar-refractivity contribution in [2.75, 3.05) is 20.1 Å². The number of hydrogen-bond donors (Lipinski definition) is 5. The van der Waals surface area contributed by atoms with Crippen molar-refractivity contribution in [2.45, 2.75) is 51.1 Å². The van der Waals surface area contributed by atoms with Gasteiger partial charge in [0.15, 0.2) is 0 Å². The number of nitrogens with one attached hydrogen (secondary N) is 3. The van der Waals surface area contributed by atoms with Gasteiger partial charge in [-0.05, 0) is 18.9 Å².